The summed E-state index contributed by atoms with van der Waals surface area (Å²) in [7, 11) is 3.11. The van der Waals surface area contributed by atoms with Crippen LogP contribution < -0.4 is 0 Å². The van der Waals surface area contributed by atoms with Gasteiger partial charge in [-0.1, -0.05) is 34.1 Å². The van der Waals surface area contributed by atoms with E-state index in [4.69, 9.17) is 0 Å². The third-order valence-corrected chi connectivity index (χ3v) is 3.37. The highest BCUT2D eigenvalue weighted by Crippen LogP contribution is 2.18. The lowest BCUT2D eigenvalue weighted by molar-refractivity contribution is -0.162. The van der Waals surface area contributed by atoms with Crippen LogP contribution in [0, 0.1) is 0 Å². The maximum absolute atomic E-state index is 11.4. The van der Waals surface area contributed by atoms with Crippen molar-refractivity contribution in [3.8, 4) is 0 Å². The van der Waals surface area contributed by atoms with E-state index in [-0.39, 0.29) is 6.54 Å². The van der Waals surface area contributed by atoms with E-state index in [1.807, 2.05) is 36.2 Å². The van der Waals surface area contributed by atoms with Gasteiger partial charge >= 0.3 is 5.97 Å². The molecule has 1 unspecified atom stereocenters. The fraction of sp³-hybridized carbons (Fsp3) is 0.462. The Hall–Kier alpha value is -0.910. The number of hydrogen-bond acceptors (Lipinski definition) is 4. The number of ether oxygens (including phenoxy) is 1. The maximum atomic E-state index is 11.4. The average Bonchev–Trinajstić information content (AvgIpc) is 2.30. The second-order valence-corrected chi connectivity index (χ2v) is 5.38. The number of esters is 1. The van der Waals surface area contributed by atoms with Crippen molar-refractivity contribution in [3.63, 3.8) is 0 Å². The van der Waals surface area contributed by atoms with Gasteiger partial charge in [-0.2, -0.15) is 0 Å². The molecular formula is C13H18BrNO3. The van der Waals surface area contributed by atoms with E-state index in [2.05, 4.69) is 20.7 Å². The molecule has 0 radical (unpaired) electrons. The van der Waals surface area contributed by atoms with Gasteiger partial charge in [0.25, 0.3) is 0 Å². The Kier molecular flexibility index (Phi) is 5.31. The van der Waals surface area contributed by atoms with Crippen LogP contribution in [0.3, 0.4) is 0 Å². The van der Waals surface area contributed by atoms with Crippen molar-refractivity contribution in [2.24, 2.45) is 0 Å². The summed E-state index contributed by atoms with van der Waals surface area (Å²) in [5, 5.41) is 9.97. The van der Waals surface area contributed by atoms with E-state index in [0.717, 1.165) is 10.0 Å². The van der Waals surface area contributed by atoms with Crippen molar-refractivity contribution >= 4 is 21.9 Å². The molecule has 1 rings (SSSR count). The highest BCUT2D eigenvalue weighted by molar-refractivity contribution is 9.10. The topological polar surface area (TPSA) is 49.8 Å². The van der Waals surface area contributed by atoms with Gasteiger partial charge in [-0.05, 0) is 25.6 Å². The molecule has 1 aromatic rings. The SMILES string of the molecule is COC(=O)C(C)(O)CN(C)Cc1ccccc1Br. The number of nitrogens with zero attached hydrogens (tertiary/aromatic N) is 1. The van der Waals surface area contributed by atoms with Gasteiger partial charge in [0.2, 0.25) is 0 Å². The van der Waals surface area contributed by atoms with Crippen LogP contribution >= 0.6 is 15.9 Å². The summed E-state index contributed by atoms with van der Waals surface area (Å²) in [5.41, 5.74) is -0.397. The normalized spacial score (nSPS) is 14.3. The first kappa shape index (κ1) is 15.1. The number of carbonyl (C=O) groups is 1. The molecule has 0 bridgehead atoms. The molecule has 0 aromatic heterocycles. The number of aliphatic hydroxyl groups is 1. The zero-order chi connectivity index (χ0) is 13.8. The molecule has 4 nitrogen and oxygen atoms in total. The summed E-state index contributed by atoms with van der Waals surface area (Å²) < 4.78 is 5.57. The van der Waals surface area contributed by atoms with Crippen LogP contribution in [-0.2, 0) is 16.1 Å². The minimum Gasteiger partial charge on any atom is -0.467 e. The zero-order valence-electron chi connectivity index (χ0n) is 10.8. The predicted molar refractivity (Wildman–Crippen MR) is 73.1 cm³/mol. The lowest BCUT2D eigenvalue weighted by Gasteiger charge is -2.26. The molecule has 0 saturated heterocycles. The Balaban J connectivity index is 2.65. The molecule has 1 atom stereocenters. The summed E-state index contributed by atoms with van der Waals surface area (Å²) in [5.74, 6) is -0.624. The standard InChI is InChI=1S/C13H18BrNO3/c1-13(17,12(16)18-3)9-15(2)8-10-6-4-5-7-11(10)14/h4-7,17H,8-9H2,1-3H3. The molecule has 5 heteroatoms. The molecule has 0 aliphatic carbocycles. The van der Waals surface area contributed by atoms with Gasteiger partial charge in [0.15, 0.2) is 5.60 Å². The first-order valence-corrected chi connectivity index (χ1v) is 6.39. The van der Waals surface area contributed by atoms with Crippen molar-refractivity contribution in [1.29, 1.82) is 0 Å². The van der Waals surface area contributed by atoms with E-state index in [1.54, 1.807) is 0 Å². The molecular weight excluding hydrogens is 298 g/mol. The van der Waals surface area contributed by atoms with Crippen molar-refractivity contribution in [2.45, 2.75) is 19.1 Å². The largest absolute Gasteiger partial charge is 0.467 e. The highest BCUT2D eigenvalue weighted by atomic mass is 79.9. The summed E-state index contributed by atoms with van der Waals surface area (Å²) in [6.45, 7) is 2.30. The van der Waals surface area contributed by atoms with E-state index in [0.29, 0.717) is 6.54 Å². The van der Waals surface area contributed by atoms with Crippen LogP contribution in [0.5, 0.6) is 0 Å². The Labute approximate surface area is 116 Å². The number of rotatable bonds is 5. The molecule has 0 heterocycles. The fourth-order valence-corrected chi connectivity index (χ4v) is 2.19. The minimum absolute atomic E-state index is 0.209. The molecule has 0 spiro atoms. The minimum atomic E-state index is -1.50. The van der Waals surface area contributed by atoms with Crippen molar-refractivity contribution in [2.75, 3.05) is 20.7 Å². The zero-order valence-corrected chi connectivity index (χ0v) is 12.4. The summed E-state index contributed by atoms with van der Waals surface area (Å²) in [6, 6.07) is 7.85. The summed E-state index contributed by atoms with van der Waals surface area (Å²) in [6.07, 6.45) is 0. The van der Waals surface area contributed by atoms with Gasteiger partial charge in [-0.15, -0.1) is 0 Å². The maximum Gasteiger partial charge on any atom is 0.338 e. The fourth-order valence-electron chi connectivity index (χ4n) is 1.78. The number of likely N-dealkylation sites (N-methyl/N-ethyl adjacent to an activating group) is 1. The summed E-state index contributed by atoms with van der Waals surface area (Å²) >= 11 is 3.47. The first-order chi connectivity index (χ1) is 8.36. The van der Waals surface area contributed by atoms with Crippen LogP contribution in [0.15, 0.2) is 28.7 Å². The van der Waals surface area contributed by atoms with E-state index in [1.165, 1.54) is 14.0 Å². The van der Waals surface area contributed by atoms with Crippen LogP contribution in [0.1, 0.15) is 12.5 Å². The lowest BCUT2D eigenvalue weighted by atomic mass is 10.1. The number of hydrogen-bond donors (Lipinski definition) is 1. The van der Waals surface area contributed by atoms with Gasteiger partial charge in [-0.25, -0.2) is 4.79 Å². The Morgan fingerprint density at radius 2 is 2.11 bits per heavy atom. The van der Waals surface area contributed by atoms with E-state index in [9.17, 15) is 9.90 Å². The molecule has 0 aliphatic heterocycles. The number of halogens is 1. The molecule has 1 aromatic carbocycles. The van der Waals surface area contributed by atoms with E-state index >= 15 is 0 Å². The molecule has 100 valence electrons. The van der Waals surface area contributed by atoms with Crippen molar-refractivity contribution < 1.29 is 14.6 Å². The van der Waals surface area contributed by atoms with Gasteiger partial charge in [0.1, 0.15) is 0 Å². The smallest absolute Gasteiger partial charge is 0.338 e. The Bertz CT molecular complexity index is 420. The number of carbonyl (C=O) groups excluding carboxylic acids is 1. The van der Waals surface area contributed by atoms with E-state index < -0.39 is 11.6 Å². The van der Waals surface area contributed by atoms with Crippen LogP contribution in [0.4, 0.5) is 0 Å². The molecule has 1 N–H and O–H groups in total. The Morgan fingerprint density at radius 1 is 1.50 bits per heavy atom. The van der Waals surface area contributed by atoms with Crippen LogP contribution in [0.2, 0.25) is 0 Å². The number of benzene rings is 1. The monoisotopic (exact) mass is 315 g/mol. The van der Waals surface area contributed by atoms with Crippen molar-refractivity contribution in [1.82, 2.24) is 4.90 Å². The number of methoxy groups -OCH3 is 1. The predicted octanol–water partition coefficient (Wildman–Crippen LogP) is 1.80. The van der Waals surface area contributed by atoms with Gasteiger partial charge in [-0.3, -0.25) is 4.90 Å². The summed E-state index contributed by atoms with van der Waals surface area (Å²) in [4.78, 5) is 13.3. The molecule has 0 aliphatic rings. The average molecular weight is 316 g/mol. The molecule has 0 amide bonds. The highest BCUT2D eigenvalue weighted by Gasteiger charge is 2.32. The van der Waals surface area contributed by atoms with Gasteiger partial charge in [0, 0.05) is 17.6 Å². The quantitative estimate of drug-likeness (QED) is 0.842. The molecule has 0 saturated carbocycles. The second-order valence-electron chi connectivity index (χ2n) is 4.53. The third-order valence-electron chi connectivity index (χ3n) is 2.60. The van der Waals surface area contributed by atoms with Crippen molar-refractivity contribution in [3.05, 3.63) is 34.3 Å². The van der Waals surface area contributed by atoms with Gasteiger partial charge in [0.05, 0.1) is 7.11 Å². The lowest BCUT2D eigenvalue weighted by Crippen LogP contribution is -2.46. The third kappa shape index (κ3) is 4.08. The van der Waals surface area contributed by atoms with Crippen LogP contribution in [0.25, 0.3) is 0 Å². The molecule has 18 heavy (non-hydrogen) atoms. The second kappa shape index (κ2) is 6.31. The van der Waals surface area contributed by atoms with Gasteiger partial charge < -0.3 is 9.84 Å². The first-order valence-electron chi connectivity index (χ1n) is 5.59. The molecule has 0 fully saturated rings. The Morgan fingerprint density at radius 3 is 2.67 bits per heavy atom. The van der Waals surface area contributed by atoms with Crippen LogP contribution in [-0.4, -0.2) is 42.3 Å².